The Bertz CT molecular complexity index is 764. The molecule has 0 aromatic heterocycles. The number of likely N-dealkylation sites (N-methyl/N-ethyl adjacent to an activating group) is 1. The van der Waals surface area contributed by atoms with E-state index in [9.17, 15) is 4.79 Å². The molecule has 0 saturated carbocycles. The minimum absolute atomic E-state index is 0.0974. The lowest BCUT2D eigenvalue weighted by Crippen LogP contribution is -2.38. The lowest BCUT2D eigenvalue weighted by atomic mass is 10.0. The predicted molar refractivity (Wildman–Crippen MR) is 114 cm³/mol. The number of ether oxygens (including phenoxy) is 2. The van der Waals surface area contributed by atoms with Crippen molar-refractivity contribution in [2.75, 3.05) is 33.4 Å². The first-order chi connectivity index (χ1) is 13.5. The molecule has 0 aliphatic heterocycles. The van der Waals surface area contributed by atoms with Crippen molar-refractivity contribution in [3.05, 3.63) is 58.6 Å². The van der Waals surface area contributed by atoms with E-state index in [1.807, 2.05) is 25.1 Å². The van der Waals surface area contributed by atoms with Crippen molar-refractivity contribution in [1.29, 1.82) is 0 Å². The molecule has 0 aliphatic rings. The van der Waals surface area contributed by atoms with E-state index in [2.05, 4.69) is 36.2 Å². The van der Waals surface area contributed by atoms with Gasteiger partial charge in [-0.25, -0.2) is 0 Å². The van der Waals surface area contributed by atoms with Crippen LogP contribution in [-0.4, -0.2) is 44.2 Å². The largest absolute Gasteiger partial charge is 0.493 e. The number of benzene rings is 2. The molecule has 0 saturated heterocycles. The topological polar surface area (TPSA) is 50.8 Å². The van der Waals surface area contributed by atoms with Gasteiger partial charge in [0.15, 0.2) is 11.5 Å². The second-order valence-corrected chi connectivity index (χ2v) is 6.69. The van der Waals surface area contributed by atoms with Gasteiger partial charge in [0.25, 0.3) is 5.91 Å². The summed E-state index contributed by atoms with van der Waals surface area (Å²) in [5, 5.41) is 3.40. The predicted octanol–water partition coefficient (Wildman–Crippen LogP) is 4.56. The third-order valence-electron chi connectivity index (χ3n) is 4.67. The van der Waals surface area contributed by atoms with Gasteiger partial charge in [0.1, 0.15) is 0 Å². The molecule has 0 bridgehead atoms. The van der Waals surface area contributed by atoms with E-state index in [0.717, 1.165) is 13.1 Å². The van der Waals surface area contributed by atoms with Crippen LogP contribution in [0.3, 0.4) is 0 Å². The minimum Gasteiger partial charge on any atom is -0.493 e. The van der Waals surface area contributed by atoms with Crippen LogP contribution in [0, 0.1) is 0 Å². The van der Waals surface area contributed by atoms with Crippen LogP contribution in [-0.2, 0) is 0 Å². The number of methoxy groups -OCH3 is 1. The zero-order valence-electron chi connectivity index (χ0n) is 17.0. The second-order valence-electron chi connectivity index (χ2n) is 6.28. The molecule has 2 aromatic carbocycles. The van der Waals surface area contributed by atoms with Crippen molar-refractivity contribution < 1.29 is 14.3 Å². The van der Waals surface area contributed by atoms with Crippen LogP contribution in [0.1, 0.15) is 42.7 Å². The molecule has 0 fully saturated rings. The van der Waals surface area contributed by atoms with Gasteiger partial charge in [-0.15, -0.1) is 0 Å². The van der Waals surface area contributed by atoms with Crippen LogP contribution < -0.4 is 14.8 Å². The van der Waals surface area contributed by atoms with Crippen molar-refractivity contribution in [2.45, 2.75) is 26.8 Å². The Labute approximate surface area is 172 Å². The standard InChI is InChI=1S/C22H29ClN2O3/c1-5-25(6-2)19(16-11-9-8-10-12-16)15-24-22(26)17-13-18(23)21(28-7-3)20(14-17)27-4/h8-14,19H,5-7,15H2,1-4H3,(H,24,26). The van der Waals surface area contributed by atoms with Gasteiger partial charge in [0.2, 0.25) is 0 Å². The summed E-state index contributed by atoms with van der Waals surface area (Å²) in [6.45, 7) is 8.87. The number of rotatable bonds is 10. The number of hydrogen-bond acceptors (Lipinski definition) is 4. The lowest BCUT2D eigenvalue weighted by molar-refractivity contribution is 0.0934. The molecule has 1 atom stereocenters. The highest BCUT2D eigenvalue weighted by Crippen LogP contribution is 2.36. The molecule has 0 spiro atoms. The number of halogens is 1. The summed E-state index contributed by atoms with van der Waals surface area (Å²) >= 11 is 6.30. The summed E-state index contributed by atoms with van der Waals surface area (Å²) in [6, 6.07) is 13.6. The Hall–Kier alpha value is -2.24. The van der Waals surface area contributed by atoms with Gasteiger partial charge in [-0.2, -0.15) is 0 Å². The van der Waals surface area contributed by atoms with E-state index >= 15 is 0 Å². The Balaban J connectivity index is 2.19. The van der Waals surface area contributed by atoms with Gasteiger partial charge in [0.05, 0.1) is 24.8 Å². The van der Waals surface area contributed by atoms with Gasteiger partial charge < -0.3 is 14.8 Å². The molecule has 1 amide bonds. The zero-order valence-corrected chi connectivity index (χ0v) is 17.8. The van der Waals surface area contributed by atoms with Crippen molar-refractivity contribution in [3.8, 4) is 11.5 Å². The van der Waals surface area contributed by atoms with Crippen LogP contribution in [0.25, 0.3) is 0 Å². The Morgan fingerprint density at radius 1 is 1.14 bits per heavy atom. The Kier molecular flexibility index (Phi) is 8.61. The quantitative estimate of drug-likeness (QED) is 0.630. The third-order valence-corrected chi connectivity index (χ3v) is 4.95. The van der Waals surface area contributed by atoms with E-state index in [1.54, 1.807) is 12.1 Å². The molecular weight excluding hydrogens is 376 g/mol. The highest BCUT2D eigenvalue weighted by Gasteiger charge is 2.20. The van der Waals surface area contributed by atoms with Gasteiger partial charge >= 0.3 is 0 Å². The molecule has 0 heterocycles. The minimum atomic E-state index is -0.198. The van der Waals surface area contributed by atoms with Crippen LogP contribution in [0.15, 0.2) is 42.5 Å². The summed E-state index contributed by atoms with van der Waals surface area (Å²) in [7, 11) is 1.53. The number of carbonyl (C=O) groups is 1. The average Bonchev–Trinajstić information content (AvgIpc) is 2.72. The highest BCUT2D eigenvalue weighted by molar-refractivity contribution is 6.32. The summed E-state index contributed by atoms with van der Waals surface area (Å²) in [5.74, 6) is 0.702. The van der Waals surface area contributed by atoms with E-state index in [0.29, 0.717) is 35.2 Å². The molecule has 5 nitrogen and oxygen atoms in total. The van der Waals surface area contributed by atoms with Gasteiger partial charge in [-0.1, -0.05) is 55.8 Å². The molecule has 152 valence electrons. The SMILES string of the molecule is CCOc1c(Cl)cc(C(=O)NCC(c2ccccc2)N(CC)CC)cc1OC. The average molecular weight is 405 g/mol. The zero-order chi connectivity index (χ0) is 20.5. The number of nitrogens with one attached hydrogen (secondary N) is 1. The van der Waals surface area contributed by atoms with Crippen LogP contribution in [0.2, 0.25) is 5.02 Å². The van der Waals surface area contributed by atoms with E-state index in [1.165, 1.54) is 12.7 Å². The molecule has 2 aromatic rings. The van der Waals surface area contributed by atoms with Crippen LogP contribution >= 0.6 is 11.6 Å². The molecule has 0 radical (unpaired) electrons. The monoisotopic (exact) mass is 404 g/mol. The maximum Gasteiger partial charge on any atom is 0.251 e. The van der Waals surface area contributed by atoms with Crippen molar-refractivity contribution in [1.82, 2.24) is 10.2 Å². The van der Waals surface area contributed by atoms with Crippen molar-refractivity contribution in [3.63, 3.8) is 0 Å². The number of amides is 1. The van der Waals surface area contributed by atoms with E-state index < -0.39 is 0 Å². The number of carbonyl (C=O) groups excluding carboxylic acids is 1. The molecule has 1 N–H and O–H groups in total. The molecule has 2 rings (SSSR count). The number of nitrogens with zero attached hydrogens (tertiary/aromatic N) is 1. The summed E-state index contributed by atoms with van der Waals surface area (Å²) in [6.07, 6.45) is 0. The van der Waals surface area contributed by atoms with E-state index in [-0.39, 0.29) is 11.9 Å². The van der Waals surface area contributed by atoms with Gasteiger partial charge in [-0.05, 0) is 37.7 Å². The Morgan fingerprint density at radius 3 is 2.39 bits per heavy atom. The third kappa shape index (κ3) is 5.40. The van der Waals surface area contributed by atoms with Crippen molar-refractivity contribution in [2.24, 2.45) is 0 Å². The summed E-state index contributed by atoms with van der Waals surface area (Å²) in [4.78, 5) is 15.1. The van der Waals surface area contributed by atoms with Gasteiger partial charge in [0, 0.05) is 12.1 Å². The fourth-order valence-corrected chi connectivity index (χ4v) is 3.49. The summed E-state index contributed by atoms with van der Waals surface area (Å²) < 4.78 is 10.9. The first-order valence-electron chi connectivity index (χ1n) is 9.63. The Morgan fingerprint density at radius 2 is 1.82 bits per heavy atom. The lowest BCUT2D eigenvalue weighted by Gasteiger charge is -2.30. The van der Waals surface area contributed by atoms with E-state index in [4.69, 9.17) is 21.1 Å². The highest BCUT2D eigenvalue weighted by atomic mass is 35.5. The normalized spacial score (nSPS) is 11.9. The first-order valence-corrected chi connectivity index (χ1v) is 10.0. The number of hydrogen-bond donors (Lipinski definition) is 1. The molecule has 1 unspecified atom stereocenters. The first kappa shape index (κ1) is 22.1. The fraction of sp³-hybridized carbons (Fsp3) is 0.409. The molecule has 6 heteroatoms. The molecule has 0 aliphatic carbocycles. The van der Waals surface area contributed by atoms with Crippen molar-refractivity contribution >= 4 is 17.5 Å². The summed E-state index contributed by atoms with van der Waals surface area (Å²) in [5.41, 5.74) is 1.62. The van der Waals surface area contributed by atoms with Crippen LogP contribution in [0.5, 0.6) is 11.5 Å². The van der Waals surface area contributed by atoms with Gasteiger partial charge in [-0.3, -0.25) is 9.69 Å². The maximum atomic E-state index is 12.8. The smallest absolute Gasteiger partial charge is 0.251 e. The van der Waals surface area contributed by atoms with Crippen LogP contribution in [0.4, 0.5) is 0 Å². The molecule has 28 heavy (non-hydrogen) atoms. The molecular formula is C22H29ClN2O3. The maximum absolute atomic E-state index is 12.8. The fourth-order valence-electron chi connectivity index (χ4n) is 3.22. The second kappa shape index (κ2) is 10.9.